The first-order valence-corrected chi connectivity index (χ1v) is 16.9. The van der Waals surface area contributed by atoms with Gasteiger partial charge in [0.05, 0.1) is 30.2 Å². The summed E-state index contributed by atoms with van der Waals surface area (Å²) < 4.78 is 31.3. The van der Waals surface area contributed by atoms with Crippen LogP contribution in [0, 0.1) is 0 Å². The fourth-order valence-corrected chi connectivity index (χ4v) is 10.9. The summed E-state index contributed by atoms with van der Waals surface area (Å²) in [7, 11) is -5.55. The molecule has 0 aliphatic rings. The average Bonchev–Trinajstić information content (AvgIpc) is 2.74. The number of rotatable bonds is 17. The maximum Gasteiger partial charge on any atom is 0.264 e. The van der Waals surface area contributed by atoms with Crippen LogP contribution in [-0.2, 0) is 19.7 Å². The standard InChI is InChI=1S/C24H40NO5PS2/c1-4-7-14-31(15-8-5-2,16-9-6-3)19-23(26)32-21-12-10-11-20(18-21)22(24(25)27)13-17-33(28,29)30/h10-12,18,22H,4-9,13-17,19H2,1-3H3,(H2-,25,27,28,29,30)/p+1. The quantitative estimate of drug-likeness (QED) is 0.158. The zero-order valence-electron chi connectivity index (χ0n) is 20.3. The molecule has 6 nitrogen and oxygen atoms in total. The summed E-state index contributed by atoms with van der Waals surface area (Å²) in [4.78, 5) is 25.8. The van der Waals surface area contributed by atoms with E-state index < -0.39 is 35.0 Å². The Bertz CT molecular complexity index is 838. The Labute approximate surface area is 204 Å². The maximum atomic E-state index is 13.2. The predicted octanol–water partition coefficient (Wildman–Crippen LogP) is 5.57. The molecule has 1 aromatic rings. The first-order chi connectivity index (χ1) is 15.6. The maximum absolute atomic E-state index is 13.2. The second kappa shape index (κ2) is 15.1. The molecule has 3 N–H and O–H groups in total. The lowest BCUT2D eigenvalue weighted by Gasteiger charge is -2.27. The zero-order valence-corrected chi connectivity index (χ0v) is 22.8. The molecule has 0 fully saturated rings. The fourth-order valence-electron chi connectivity index (χ4n) is 4.03. The van der Waals surface area contributed by atoms with Crippen molar-refractivity contribution >= 4 is 40.2 Å². The van der Waals surface area contributed by atoms with Gasteiger partial charge in [-0.3, -0.25) is 14.1 Å². The van der Waals surface area contributed by atoms with Gasteiger partial charge in [0.25, 0.3) is 10.1 Å². The van der Waals surface area contributed by atoms with E-state index in [1.165, 1.54) is 49.5 Å². The Hall–Kier alpha value is -0.950. The third-order valence-electron chi connectivity index (χ3n) is 5.92. The highest BCUT2D eigenvalue weighted by Crippen LogP contribution is 2.61. The lowest BCUT2D eigenvalue weighted by Crippen LogP contribution is -2.23. The van der Waals surface area contributed by atoms with Crippen LogP contribution in [-0.4, -0.2) is 54.4 Å². The summed E-state index contributed by atoms with van der Waals surface area (Å²) in [5.41, 5.74) is 6.05. The molecule has 0 saturated carbocycles. The van der Waals surface area contributed by atoms with Gasteiger partial charge in [-0.2, -0.15) is 8.42 Å². The topological polar surface area (TPSA) is 115 Å². The molecular formula is C24H41NO5PS2+. The van der Waals surface area contributed by atoms with E-state index in [4.69, 9.17) is 10.3 Å². The van der Waals surface area contributed by atoms with Crippen LogP contribution in [0.4, 0.5) is 0 Å². The van der Waals surface area contributed by atoms with Crippen molar-refractivity contribution in [3.8, 4) is 0 Å². The van der Waals surface area contributed by atoms with Crippen molar-refractivity contribution in [2.24, 2.45) is 5.73 Å². The molecule has 1 unspecified atom stereocenters. The van der Waals surface area contributed by atoms with Gasteiger partial charge in [-0.25, -0.2) is 0 Å². The number of carbonyl (C=O) groups excluding carboxylic acids is 2. The summed E-state index contributed by atoms with van der Waals surface area (Å²) in [6.45, 7) is 6.61. The number of nitrogens with two attached hydrogens (primary N) is 1. The summed E-state index contributed by atoms with van der Waals surface area (Å²) in [6.07, 6.45) is 11.0. The second-order valence-corrected chi connectivity index (χ2v) is 15.9. The van der Waals surface area contributed by atoms with Gasteiger partial charge in [-0.05, 0) is 55.1 Å². The normalized spacial score (nSPS) is 13.1. The molecule has 9 heteroatoms. The molecular weight excluding hydrogens is 477 g/mol. The van der Waals surface area contributed by atoms with Crippen molar-refractivity contribution in [1.82, 2.24) is 0 Å². The lowest BCUT2D eigenvalue weighted by atomic mass is 9.96. The van der Waals surface area contributed by atoms with Crippen molar-refractivity contribution in [3.63, 3.8) is 0 Å². The van der Waals surface area contributed by atoms with Crippen LogP contribution in [0.1, 0.15) is 77.2 Å². The van der Waals surface area contributed by atoms with E-state index in [1.54, 1.807) is 18.2 Å². The van der Waals surface area contributed by atoms with Gasteiger partial charge in [0.15, 0.2) is 0 Å². The Morgan fingerprint density at radius 2 is 1.58 bits per heavy atom. The molecule has 0 bridgehead atoms. The van der Waals surface area contributed by atoms with Crippen molar-refractivity contribution < 1.29 is 22.6 Å². The Morgan fingerprint density at radius 1 is 1.03 bits per heavy atom. The van der Waals surface area contributed by atoms with E-state index in [9.17, 15) is 18.0 Å². The molecule has 188 valence electrons. The zero-order chi connectivity index (χ0) is 24.9. The van der Waals surface area contributed by atoms with Gasteiger partial charge in [0.2, 0.25) is 11.0 Å². The summed E-state index contributed by atoms with van der Waals surface area (Å²) >= 11 is 1.21. The molecule has 0 heterocycles. The van der Waals surface area contributed by atoms with E-state index in [0.29, 0.717) is 11.7 Å². The van der Waals surface area contributed by atoms with Gasteiger partial charge in [0.1, 0.15) is 6.16 Å². The van der Waals surface area contributed by atoms with Gasteiger partial charge in [0, 0.05) is 12.2 Å². The van der Waals surface area contributed by atoms with Gasteiger partial charge < -0.3 is 5.73 Å². The van der Waals surface area contributed by atoms with Gasteiger partial charge in [-0.1, -0.05) is 52.2 Å². The molecule has 33 heavy (non-hydrogen) atoms. The number of hydrogen-bond donors (Lipinski definition) is 2. The highest BCUT2D eigenvalue weighted by molar-refractivity contribution is 8.14. The first-order valence-electron chi connectivity index (χ1n) is 12.0. The summed E-state index contributed by atoms with van der Waals surface area (Å²) in [6, 6.07) is 7.03. The highest BCUT2D eigenvalue weighted by Gasteiger charge is 2.38. The van der Waals surface area contributed by atoms with Crippen LogP contribution >= 0.6 is 19.0 Å². The number of thioether (sulfide) groups is 1. The molecule has 0 saturated heterocycles. The monoisotopic (exact) mass is 518 g/mol. The minimum absolute atomic E-state index is 0.101. The Balaban J connectivity index is 3.01. The SMILES string of the molecule is CCCC[P+](CCCC)(CCCC)CC(=O)Sc1cccc(C(CCS(=O)(=O)O)C(N)=O)c1. The molecule has 1 rings (SSSR count). The minimum atomic E-state index is -4.20. The lowest BCUT2D eigenvalue weighted by molar-refractivity contribution is -0.119. The van der Waals surface area contributed by atoms with Crippen LogP contribution < -0.4 is 5.73 Å². The predicted molar refractivity (Wildman–Crippen MR) is 141 cm³/mol. The first kappa shape index (κ1) is 30.1. The van der Waals surface area contributed by atoms with Crippen LogP contribution in [0.15, 0.2) is 29.2 Å². The van der Waals surface area contributed by atoms with Gasteiger partial charge >= 0.3 is 0 Å². The highest BCUT2D eigenvalue weighted by atomic mass is 32.2. The van der Waals surface area contributed by atoms with E-state index in [0.717, 1.165) is 24.2 Å². The van der Waals surface area contributed by atoms with Crippen LogP contribution in [0.3, 0.4) is 0 Å². The third-order valence-corrected chi connectivity index (χ3v) is 12.5. The molecule has 0 spiro atoms. The number of hydrogen-bond acceptors (Lipinski definition) is 5. The number of carbonyl (C=O) groups is 2. The van der Waals surface area contributed by atoms with E-state index in [1.807, 2.05) is 6.07 Å². The van der Waals surface area contributed by atoms with Crippen LogP contribution in [0.5, 0.6) is 0 Å². The number of primary amides is 1. The van der Waals surface area contributed by atoms with Gasteiger partial charge in [-0.15, -0.1) is 0 Å². The van der Waals surface area contributed by atoms with Crippen LogP contribution in [0.25, 0.3) is 0 Å². The summed E-state index contributed by atoms with van der Waals surface area (Å²) in [5, 5.41) is 0.164. The molecule has 1 amide bonds. The molecule has 1 aromatic carbocycles. The minimum Gasteiger partial charge on any atom is -0.369 e. The van der Waals surface area contributed by atoms with Crippen LogP contribution in [0.2, 0.25) is 0 Å². The van der Waals surface area contributed by atoms with E-state index in [-0.39, 0.29) is 11.5 Å². The van der Waals surface area contributed by atoms with E-state index >= 15 is 0 Å². The fraction of sp³-hybridized carbons (Fsp3) is 0.667. The number of amides is 1. The van der Waals surface area contributed by atoms with E-state index in [2.05, 4.69) is 20.8 Å². The number of unbranched alkanes of at least 4 members (excludes halogenated alkanes) is 3. The second-order valence-electron chi connectivity index (χ2n) is 8.81. The summed E-state index contributed by atoms with van der Waals surface area (Å²) in [5.74, 6) is -2.04. The Kier molecular flexibility index (Phi) is 13.8. The molecule has 1 atom stereocenters. The Morgan fingerprint density at radius 3 is 2.03 bits per heavy atom. The molecule has 0 aliphatic carbocycles. The van der Waals surface area contributed by atoms with Crippen molar-refractivity contribution in [2.45, 2.75) is 76.5 Å². The third kappa shape index (κ3) is 11.8. The molecule has 0 aliphatic heterocycles. The average molecular weight is 519 g/mol. The largest absolute Gasteiger partial charge is 0.369 e. The smallest absolute Gasteiger partial charge is 0.264 e. The number of benzene rings is 1. The molecule has 0 radical (unpaired) electrons. The van der Waals surface area contributed by atoms with Crippen molar-refractivity contribution in [1.29, 1.82) is 0 Å². The van der Waals surface area contributed by atoms with Crippen molar-refractivity contribution in [2.75, 3.05) is 30.4 Å². The molecule has 0 aromatic heterocycles. The van der Waals surface area contributed by atoms with Crippen molar-refractivity contribution in [3.05, 3.63) is 29.8 Å².